The third-order valence-corrected chi connectivity index (χ3v) is 2.63. The van der Waals surface area contributed by atoms with Crippen molar-refractivity contribution in [3.8, 4) is 5.75 Å². The number of nitrogens with two attached hydrogens (primary N) is 1. The van der Waals surface area contributed by atoms with E-state index in [1.54, 1.807) is 7.11 Å². The van der Waals surface area contributed by atoms with Crippen molar-refractivity contribution in [3.63, 3.8) is 0 Å². The molecule has 5 heteroatoms. The Balaban J connectivity index is 2.65. The summed E-state index contributed by atoms with van der Waals surface area (Å²) in [7, 11) is 1.61. The summed E-state index contributed by atoms with van der Waals surface area (Å²) in [5.74, 6) is 0.393. The van der Waals surface area contributed by atoms with Crippen LogP contribution in [0.3, 0.4) is 0 Å². The van der Waals surface area contributed by atoms with Gasteiger partial charge in [-0.15, -0.1) is 0 Å². The largest absolute Gasteiger partial charge is 0.494 e. The van der Waals surface area contributed by atoms with E-state index in [9.17, 15) is 4.79 Å². The zero-order valence-electron chi connectivity index (χ0n) is 11.5. The number of methoxy groups -OCH3 is 1. The maximum atomic E-state index is 11.4. The van der Waals surface area contributed by atoms with Crippen molar-refractivity contribution in [3.05, 3.63) is 29.8 Å². The molecule has 19 heavy (non-hydrogen) atoms. The lowest BCUT2D eigenvalue weighted by molar-refractivity contribution is -0.120. The summed E-state index contributed by atoms with van der Waals surface area (Å²) in [6.45, 7) is 3.83. The van der Waals surface area contributed by atoms with Crippen molar-refractivity contribution >= 4 is 5.91 Å². The van der Waals surface area contributed by atoms with Crippen molar-refractivity contribution in [2.75, 3.05) is 26.9 Å². The molecule has 0 radical (unpaired) electrons. The lowest BCUT2D eigenvalue weighted by Gasteiger charge is -2.16. The van der Waals surface area contributed by atoms with Crippen LogP contribution in [-0.2, 0) is 9.53 Å². The Kier molecular flexibility index (Phi) is 6.92. The van der Waals surface area contributed by atoms with Gasteiger partial charge in [-0.1, -0.05) is 19.1 Å². The predicted octanol–water partition coefficient (Wildman–Crippen LogP) is 1.24. The molecular weight excluding hydrogens is 244 g/mol. The number of rotatable bonds is 9. The second-order valence-corrected chi connectivity index (χ2v) is 4.20. The molecule has 1 amide bonds. The zero-order chi connectivity index (χ0) is 14.1. The molecule has 0 bridgehead atoms. The molecule has 0 fully saturated rings. The highest BCUT2D eigenvalue weighted by atomic mass is 16.5. The summed E-state index contributed by atoms with van der Waals surface area (Å²) in [6, 6.07) is 6.88. The quantitative estimate of drug-likeness (QED) is 0.659. The van der Waals surface area contributed by atoms with Crippen molar-refractivity contribution in [1.29, 1.82) is 0 Å². The van der Waals surface area contributed by atoms with Gasteiger partial charge >= 0.3 is 0 Å². The van der Waals surface area contributed by atoms with Crippen LogP contribution in [0.4, 0.5) is 0 Å². The van der Waals surface area contributed by atoms with Crippen LogP contribution in [0.1, 0.15) is 24.9 Å². The number of primary amides is 1. The van der Waals surface area contributed by atoms with Crippen LogP contribution < -0.4 is 15.8 Å². The van der Waals surface area contributed by atoms with Gasteiger partial charge in [-0.05, 0) is 24.1 Å². The molecule has 5 nitrogen and oxygen atoms in total. The van der Waals surface area contributed by atoms with E-state index in [1.807, 2.05) is 24.3 Å². The topological polar surface area (TPSA) is 73.6 Å². The molecule has 0 aliphatic heterocycles. The Bertz CT molecular complexity index is 379. The molecule has 1 aromatic carbocycles. The first-order valence-corrected chi connectivity index (χ1v) is 6.43. The van der Waals surface area contributed by atoms with Crippen molar-refractivity contribution in [1.82, 2.24) is 5.32 Å². The second-order valence-electron chi connectivity index (χ2n) is 4.20. The number of carbonyl (C=O) groups is 1. The van der Waals surface area contributed by atoms with Crippen molar-refractivity contribution < 1.29 is 14.3 Å². The minimum absolute atomic E-state index is 0.404. The molecule has 1 rings (SSSR count). The van der Waals surface area contributed by atoms with Crippen LogP contribution in [-0.4, -0.2) is 32.8 Å². The maximum Gasteiger partial charge on any atom is 0.239 e. The molecule has 0 aliphatic rings. The van der Waals surface area contributed by atoms with Crippen LogP contribution in [0.2, 0.25) is 0 Å². The highest BCUT2D eigenvalue weighted by Gasteiger charge is 2.16. The number of hydrogen-bond acceptors (Lipinski definition) is 4. The SMILES string of the molecule is CCCOc1ccc(C(NCCOC)C(N)=O)cc1. The third-order valence-electron chi connectivity index (χ3n) is 2.63. The van der Waals surface area contributed by atoms with Crippen LogP contribution in [0.15, 0.2) is 24.3 Å². The summed E-state index contributed by atoms with van der Waals surface area (Å²) >= 11 is 0. The number of benzene rings is 1. The average Bonchev–Trinajstić information content (AvgIpc) is 2.42. The van der Waals surface area contributed by atoms with Gasteiger partial charge in [0.2, 0.25) is 5.91 Å². The Hall–Kier alpha value is -1.59. The van der Waals surface area contributed by atoms with Gasteiger partial charge in [0, 0.05) is 13.7 Å². The third kappa shape index (κ3) is 5.28. The monoisotopic (exact) mass is 266 g/mol. The van der Waals surface area contributed by atoms with Gasteiger partial charge in [0.1, 0.15) is 11.8 Å². The van der Waals surface area contributed by atoms with E-state index in [1.165, 1.54) is 0 Å². The number of carbonyl (C=O) groups excluding carboxylic acids is 1. The molecule has 1 unspecified atom stereocenters. The van der Waals surface area contributed by atoms with E-state index in [0.717, 1.165) is 17.7 Å². The Morgan fingerprint density at radius 3 is 2.53 bits per heavy atom. The van der Waals surface area contributed by atoms with E-state index in [0.29, 0.717) is 19.8 Å². The van der Waals surface area contributed by atoms with Crippen LogP contribution >= 0.6 is 0 Å². The molecule has 1 atom stereocenters. The fraction of sp³-hybridized carbons (Fsp3) is 0.500. The van der Waals surface area contributed by atoms with Crippen molar-refractivity contribution in [2.45, 2.75) is 19.4 Å². The van der Waals surface area contributed by atoms with Gasteiger partial charge in [0.15, 0.2) is 0 Å². The highest BCUT2D eigenvalue weighted by Crippen LogP contribution is 2.18. The first kappa shape index (κ1) is 15.5. The minimum atomic E-state index is -0.504. The molecule has 0 aliphatic carbocycles. The van der Waals surface area contributed by atoms with Gasteiger partial charge in [0.05, 0.1) is 13.2 Å². The molecule has 0 saturated carbocycles. The van der Waals surface area contributed by atoms with Crippen LogP contribution in [0.5, 0.6) is 5.75 Å². The predicted molar refractivity (Wildman–Crippen MR) is 74.0 cm³/mol. The second kappa shape index (κ2) is 8.50. The standard InChI is InChI=1S/C14H22N2O3/c1-3-9-19-12-6-4-11(5-7-12)13(14(15)17)16-8-10-18-2/h4-7,13,16H,3,8-10H2,1-2H3,(H2,15,17). The Labute approximate surface area is 114 Å². The number of amides is 1. The smallest absolute Gasteiger partial charge is 0.239 e. The Morgan fingerprint density at radius 1 is 1.32 bits per heavy atom. The molecule has 0 heterocycles. The minimum Gasteiger partial charge on any atom is -0.494 e. The normalized spacial score (nSPS) is 12.1. The zero-order valence-corrected chi connectivity index (χ0v) is 11.5. The van der Waals surface area contributed by atoms with E-state index >= 15 is 0 Å². The van der Waals surface area contributed by atoms with Gasteiger partial charge in [-0.25, -0.2) is 0 Å². The number of nitrogens with one attached hydrogen (secondary N) is 1. The molecule has 0 aromatic heterocycles. The maximum absolute atomic E-state index is 11.4. The first-order valence-electron chi connectivity index (χ1n) is 6.43. The van der Waals surface area contributed by atoms with E-state index in [-0.39, 0.29) is 0 Å². The average molecular weight is 266 g/mol. The van der Waals surface area contributed by atoms with Crippen LogP contribution in [0, 0.1) is 0 Å². The fourth-order valence-electron chi connectivity index (χ4n) is 1.66. The van der Waals surface area contributed by atoms with Crippen molar-refractivity contribution in [2.24, 2.45) is 5.73 Å². The summed E-state index contributed by atoms with van der Waals surface area (Å²) in [4.78, 5) is 11.4. The van der Waals surface area contributed by atoms with Gasteiger partial charge in [-0.3, -0.25) is 10.1 Å². The number of ether oxygens (including phenoxy) is 2. The molecule has 3 N–H and O–H groups in total. The van der Waals surface area contributed by atoms with Gasteiger partial charge in [0.25, 0.3) is 0 Å². The molecule has 1 aromatic rings. The first-order chi connectivity index (χ1) is 9.19. The lowest BCUT2D eigenvalue weighted by atomic mass is 10.1. The Morgan fingerprint density at radius 2 is 2.00 bits per heavy atom. The molecule has 0 spiro atoms. The lowest BCUT2D eigenvalue weighted by Crippen LogP contribution is -2.35. The highest BCUT2D eigenvalue weighted by molar-refractivity contribution is 5.81. The number of hydrogen-bond donors (Lipinski definition) is 2. The molecule has 0 saturated heterocycles. The molecule has 106 valence electrons. The summed E-state index contributed by atoms with van der Waals surface area (Å²) in [5, 5.41) is 3.06. The van der Waals surface area contributed by atoms with Crippen LogP contribution in [0.25, 0.3) is 0 Å². The summed E-state index contributed by atoms with van der Waals surface area (Å²) < 4.78 is 10.4. The molecular formula is C14H22N2O3. The van der Waals surface area contributed by atoms with E-state index in [2.05, 4.69) is 12.2 Å². The van der Waals surface area contributed by atoms with E-state index in [4.69, 9.17) is 15.2 Å². The van der Waals surface area contributed by atoms with Gasteiger partial charge in [-0.2, -0.15) is 0 Å². The summed E-state index contributed by atoms with van der Waals surface area (Å²) in [5.41, 5.74) is 6.22. The summed E-state index contributed by atoms with van der Waals surface area (Å²) in [6.07, 6.45) is 0.963. The van der Waals surface area contributed by atoms with E-state index < -0.39 is 11.9 Å². The fourth-order valence-corrected chi connectivity index (χ4v) is 1.66. The van der Waals surface area contributed by atoms with Gasteiger partial charge < -0.3 is 15.2 Å².